The monoisotopic (exact) mass is 435 g/mol. The first-order valence-electron chi connectivity index (χ1n) is 11.9. The second-order valence-corrected chi connectivity index (χ2v) is 9.44. The number of hydrogen-bond donors (Lipinski definition) is 0. The van der Waals surface area contributed by atoms with Gasteiger partial charge in [-0.1, -0.05) is 109 Å². The van der Waals surface area contributed by atoms with Crippen molar-refractivity contribution in [2.75, 3.05) is 11.9 Å². The van der Waals surface area contributed by atoms with Crippen LogP contribution in [0.3, 0.4) is 0 Å². The first-order valence-corrected chi connectivity index (χ1v) is 11.9. The van der Waals surface area contributed by atoms with Crippen LogP contribution in [0.15, 0.2) is 115 Å². The van der Waals surface area contributed by atoms with Crippen LogP contribution in [0, 0.1) is 6.92 Å². The van der Waals surface area contributed by atoms with Crippen molar-refractivity contribution in [2.24, 2.45) is 0 Å². The zero-order chi connectivity index (χ0) is 22.9. The molecule has 5 aromatic rings. The third kappa shape index (κ3) is 2.29. The van der Waals surface area contributed by atoms with Crippen molar-refractivity contribution in [1.29, 1.82) is 0 Å². The molecule has 1 spiro atoms. The Morgan fingerprint density at radius 1 is 0.529 bits per heavy atom. The summed E-state index contributed by atoms with van der Waals surface area (Å²) in [5, 5.41) is 0. The average Bonchev–Trinajstić information content (AvgIpc) is 3.19. The second-order valence-electron chi connectivity index (χ2n) is 9.44. The Balaban J connectivity index is 1.70. The van der Waals surface area contributed by atoms with Crippen molar-refractivity contribution >= 4 is 11.4 Å². The van der Waals surface area contributed by atoms with Crippen LogP contribution in [-0.4, -0.2) is 7.05 Å². The third-order valence-corrected chi connectivity index (χ3v) is 7.81. The molecule has 0 atom stereocenters. The zero-order valence-corrected chi connectivity index (χ0v) is 19.4. The summed E-state index contributed by atoms with van der Waals surface area (Å²) in [4.78, 5) is 2.41. The number of nitrogens with zero attached hydrogens (tertiary/aromatic N) is 1. The minimum atomic E-state index is -0.344. The predicted octanol–water partition coefficient (Wildman–Crippen LogP) is 8.11. The minimum absolute atomic E-state index is 0.344. The molecule has 0 bridgehead atoms. The summed E-state index contributed by atoms with van der Waals surface area (Å²) in [5.41, 5.74) is 14.2. The Kier molecular flexibility index (Phi) is 3.96. The normalized spacial score (nSPS) is 14.4. The minimum Gasteiger partial charge on any atom is -0.344 e. The molecule has 1 aliphatic heterocycles. The van der Waals surface area contributed by atoms with Crippen molar-refractivity contribution in [3.8, 4) is 22.3 Å². The molecule has 5 aromatic carbocycles. The first kappa shape index (κ1) is 19.4. The predicted molar refractivity (Wildman–Crippen MR) is 142 cm³/mol. The Morgan fingerprint density at radius 2 is 1.09 bits per heavy atom. The Labute approximate surface area is 201 Å². The molecule has 1 heteroatoms. The van der Waals surface area contributed by atoms with Crippen LogP contribution >= 0.6 is 0 Å². The maximum Gasteiger partial charge on any atom is 0.0754 e. The second kappa shape index (κ2) is 6.95. The Morgan fingerprint density at radius 3 is 1.76 bits per heavy atom. The fourth-order valence-corrected chi connectivity index (χ4v) is 6.48. The van der Waals surface area contributed by atoms with Crippen LogP contribution < -0.4 is 4.90 Å². The van der Waals surface area contributed by atoms with Gasteiger partial charge in [0.25, 0.3) is 0 Å². The van der Waals surface area contributed by atoms with Crippen molar-refractivity contribution in [2.45, 2.75) is 12.3 Å². The van der Waals surface area contributed by atoms with Gasteiger partial charge in [0.1, 0.15) is 0 Å². The zero-order valence-electron chi connectivity index (χ0n) is 19.4. The molecule has 0 amide bonds. The van der Waals surface area contributed by atoms with E-state index in [1.54, 1.807) is 0 Å². The molecule has 2 aliphatic rings. The lowest BCUT2D eigenvalue weighted by Gasteiger charge is -2.45. The standard InChI is InChI=1S/C33H25N/c1-22-20-21-29-32(31(22)23-12-4-3-5-13-23)34(2)30-19-11-10-18-28(30)33(29)26-16-8-6-14-24(26)25-15-7-9-17-27(25)33/h3-21H,1-2H3. The number of para-hydroxylation sites is 1. The van der Waals surface area contributed by atoms with Crippen LogP contribution in [0.25, 0.3) is 22.3 Å². The summed E-state index contributed by atoms with van der Waals surface area (Å²) in [6, 6.07) is 42.5. The van der Waals surface area contributed by atoms with Gasteiger partial charge < -0.3 is 4.90 Å². The summed E-state index contributed by atoms with van der Waals surface area (Å²) in [7, 11) is 2.23. The van der Waals surface area contributed by atoms with Gasteiger partial charge in [-0.25, -0.2) is 0 Å². The van der Waals surface area contributed by atoms with E-state index in [4.69, 9.17) is 0 Å². The summed E-state index contributed by atoms with van der Waals surface area (Å²) < 4.78 is 0. The quantitative estimate of drug-likeness (QED) is 0.252. The molecule has 0 N–H and O–H groups in total. The van der Waals surface area contributed by atoms with Gasteiger partial charge in [0.2, 0.25) is 0 Å². The Bertz CT molecular complexity index is 1530. The molecule has 162 valence electrons. The molecule has 0 saturated heterocycles. The summed E-state index contributed by atoms with van der Waals surface area (Å²) >= 11 is 0. The lowest BCUT2D eigenvalue weighted by Crippen LogP contribution is -2.36. The lowest BCUT2D eigenvalue weighted by atomic mass is 9.64. The van der Waals surface area contributed by atoms with Gasteiger partial charge in [0.15, 0.2) is 0 Å². The molecule has 0 radical (unpaired) electrons. The number of benzene rings is 5. The van der Waals surface area contributed by atoms with E-state index < -0.39 is 0 Å². The van der Waals surface area contributed by atoms with Crippen LogP contribution in [-0.2, 0) is 5.41 Å². The number of anilines is 2. The summed E-state index contributed by atoms with van der Waals surface area (Å²) in [6.07, 6.45) is 0. The maximum absolute atomic E-state index is 2.41. The van der Waals surface area contributed by atoms with E-state index in [0.717, 1.165) is 0 Å². The highest BCUT2D eigenvalue weighted by Crippen LogP contribution is 2.63. The van der Waals surface area contributed by atoms with Gasteiger partial charge in [-0.2, -0.15) is 0 Å². The van der Waals surface area contributed by atoms with Gasteiger partial charge in [0, 0.05) is 18.3 Å². The fourth-order valence-electron chi connectivity index (χ4n) is 6.48. The van der Waals surface area contributed by atoms with Crippen molar-refractivity contribution in [3.05, 3.63) is 143 Å². The molecule has 0 fully saturated rings. The topological polar surface area (TPSA) is 3.24 Å². The highest BCUT2D eigenvalue weighted by Gasteiger charge is 2.51. The van der Waals surface area contributed by atoms with E-state index in [9.17, 15) is 0 Å². The molecule has 1 heterocycles. The van der Waals surface area contributed by atoms with E-state index in [2.05, 4.69) is 134 Å². The molecule has 34 heavy (non-hydrogen) atoms. The van der Waals surface area contributed by atoms with Crippen LogP contribution in [0.2, 0.25) is 0 Å². The van der Waals surface area contributed by atoms with Crippen LogP contribution in [0.4, 0.5) is 11.4 Å². The van der Waals surface area contributed by atoms with Crippen molar-refractivity contribution in [1.82, 2.24) is 0 Å². The number of fused-ring (bicyclic) bond motifs is 9. The van der Waals surface area contributed by atoms with Gasteiger partial charge in [0.05, 0.1) is 11.1 Å². The van der Waals surface area contributed by atoms with Gasteiger partial charge in [-0.15, -0.1) is 0 Å². The molecular weight excluding hydrogens is 410 g/mol. The van der Waals surface area contributed by atoms with E-state index in [1.807, 2.05) is 0 Å². The van der Waals surface area contributed by atoms with Gasteiger partial charge >= 0.3 is 0 Å². The Hall–Kier alpha value is -4.10. The van der Waals surface area contributed by atoms with Gasteiger partial charge in [-0.05, 0) is 57.5 Å². The summed E-state index contributed by atoms with van der Waals surface area (Å²) in [5.74, 6) is 0. The average molecular weight is 436 g/mol. The molecular formula is C33H25N. The number of rotatable bonds is 1. The van der Waals surface area contributed by atoms with E-state index >= 15 is 0 Å². The lowest BCUT2D eigenvalue weighted by molar-refractivity contribution is 0.748. The molecule has 0 unspecified atom stereocenters. The first-order chi connectivity index (χ1) is 16.7. The SMILES string of the molecule is Cc1ccc2c(c1-c1ccccc1)N(C)c1ccccc1C21c2ccccc2-c2ccccc21. The van der Waals surface area contributed by atoms with Gasteiger partial charge in [-0.3, -0.25) is 0 Å². The smallest absolute Gasteiger partial charge is 0.0754 e. The molecule has 1 aliphatic carbocycles. The highest BCUT2D eigenvalue weighted by atomic mass is 15.1. The van der Waals surface area contributed by atoms with E-state index in [-0.39, 0.29) is 5.41 Å². The largest absolute Gasteiger partial charge is 0.344 e. The fraction of sp³-hybridized carbons (Fsp3) is 0.0909. The third-order valence-electron chi connectivity index (χ3n) is 7.81. The maximum atomic E-state index is 2.41. The molecule has 0 saturated carbocycles. The van der Waals surface area contributed by atoms with Crippen molar-refractivity contribution < 1.29 is 0 Å². The molecule has 1 nitrogen and oxygen atoms in total. The number of hydrogen-bond acceptors (Lipinski definition) is 1. The van der Waals surface area contributed by atoms with Crippen LogP contribution in [0.1, 0.15) is 27.8 Å². The van der Waals surface area contributed by atoms with E-state index in [1.165, 1.54) is 61.4 Å². The summed E-state index contributed by atoms with van der Waals surface area (Å²) in [6.45, 7) is 2.24. The number of aryl methyl sites for hydroxylation is 1. The van der Waals surface area contributed by atoms with E-state index in [0.29, 0.717) is 0 Å². The molecule has 7 rings (SSSR count). The van der Waals surface area contributed by atoms with Crippen LogP contribution in [0.5, 0.6) is 0 Å². The van der Waals surface area contributed by atoms with Crippen molar-refractivity contribution in [3.63, 3.8) is 0 Å². The molecule has 0 aromatic heterocycles. The highest BCUT2D eigenvalue weighted by molar-refractivity contribution is 5.97.